The minimum Gasteiger partial charge on any atom is -0.324 e. The molecule has 1 aromatic carbocycles. The first-order valence-electron chi connectivity index (χ1n) is 6.44. The highest BCUT2D eigenvalue weighted by Gasteiger charge is 2.12. The van der Waals surface area contributed by atoms with Crippen LogP contribution in [0.5, 0.6) is 0 Å². The molecule has 0 saturated carbocycles. The Morgan fingerprint density at radius 1 is 1.22 bits per heavy atom. The van der Waals surface area contributed by atoms with Crippen LogP contribution >= 0.6 is 0 Å². The molecule has 2 N–H and O–H groups in total. The molecule has 0 radical (unpaired) electrons. The molecule has 2 aromatic rings. The van der Waals surface area contributed by atoms with Gasteiger partial charge in [-0.15, -0.1) is 0 Å². The Morgan fingerprint density at radius 2 is 1.83 bits per heavy atom. The van der Waals surface area contributed by atoms with Crippen LogP contribution in [0.25, 0.3) is 11.1 Å². The molecule has 0 saturated heterocycles. The van der Waals surface area contributed by atoms with Gasteiger partial charge in [0.25, 0.3) is 0 Å². The van der Waals surface area contributed by atoms with Crippen LogP contribution in [-0.2, 0) is 6.54 Å². The fraction of sp³-hybridized carbons (Fsp3) is 0.400. The van der Waals surface area contributed by atoms with Crippen molar-refractivity contribution < 1.29 is 0 Å². The van der Waals surface area contributed by atoms with E-state index in [0.717, 1.165) is 17.8 Å². The van der Waals surface area contributed by atoms with Crippen LogP contribution in [0.3, 0.4) is 0 Å². The first-order valence-corrected chi connectivity index (χ1v) is 6.44. The largest absolute Gasteiger partial charge is 0.324 e. The van der Waals surface area contributed by atoms with Crippen molar-refractivity contribution in [2.45, 2.75) is 40.3 Å². The van der Waals surface area contributed by atoms with E-state index in [2.05, 4.69) is 50.1 Å². The van der Waals surface area contributed by atoms with E-state index in [0.29, 0.717) is 0 Å². The molecule has 3 heteroatoms. The Balaban J connectivity index is 2.45. The average molecular weight is 243 g/mol. The third-order valence-corrected chi connectivity index (χ3v) is 3.41. The summed E-state index contributed by atoms with van der Waals surface area (Å²) in [5.41, 5.74) is 11.8. The van der Waals surface area contributed by atoms with Gasteiger partial charge in [-0.05, 0) is 38.8 Å². The van der Waals surface area contributed by atoms with Crippen molar-refractivity contribution in [2.75, 3.05) is 0 Å². The maximum absolute atomic E-state index is 5.87. The van der Waals surface area contributed by atoms with E-state index < -0.39 is 0 Å². The van der Waals surface area contributed by atoms with E-state index >= 15 is 0 Å². The Morgan fingerprint density at radius 3 is 2.28 bits per heavy atom. The van der Waals surface area contributed by atoms with Crippen molar-refractivity contribution >= 4 is 0 Å². The number of hydrogen-bond donors (Lipinski definition) is 1. The molecule has 0 aliphatic heterocycles. The minimum atomic E-state index is 0.0830. The Bertz CT molecular complexity index is 536. The standard InChI is InChI=1S/C15H21N3/c1-5-18-12(4)15(11(3)17-18)14-8-6-13(7-9-14)10(2)16/h6-10H,5,16H2,1-4H3. The quantitative estimate of drug-likeness (QED) is 0.899. The Kier molecular flexibility index (Phi) is 3.53. The minimum absolute atomic E-state index is 0.0830. The van der Waals surface area contributed by atoms with Gasteiger partial charge in [0, 0.05) is 23.8 Å². The van der Waals surface area contributed by atoms with E-state index in [1.165, 1.54) is 16.8 Å². The highest BCUT2D eigenvalue weighted by atomic mass is 15.3. The van der Waals surface area contributed by atoms with E-state index in [1.54, 1.807) is 0 Å². The molecule has 0 bridgehead atoms. The second-order valence-electron chi connectivity index (χ2n) is 4.77. The van der Waals surface area contributed by atoms with Crippen molar-refractivity contribution in [1.82, 2.24) is 9.78 Å². The lowest BCUT2D eigenvalue weighted by Gasteiger charge is -2.07. The van der Waals surface area contributed by atoms with Gasteiger partial charge in [-0.3, -0.25) is 4.68 Å². The summed E-state index contributed by atoms with van der Waals surface area (Å²) in [5, 5.41) is 4.55. The van der Waals surface area contributed by atoms with Gasteiger partial charge < -0.3 is 5.73 Å². The molecule has 2 rings (SSSR count). The van der Waals surface area contributed by atoms with E-state index in [1.807, 2.05) is 11.6 Å². The zero-order valence-electron chi connectivity index (χ0n) is 11.6. The van der Waals surface area contributed by atoms with Gasteiger partial charge in [0.05, 0.1) is 5.69 Å². The van der Waals surface area contributed by atoms with Crippen LogP contribution in [0.1, 0.15) is 36.8 Å². The maximum Gasteiger partial charge on any atom is 0.0674 e. The summed E-state index contributed by atoms with van der Waals surface area (Å²) < 4.78 is 2.05. The third-order valence-electron chi connectivity index (χ3n) is 3.41. The summed E-state index contributed by atoms with van der Waals surface area (Å²) in [6, 6.07) is 8.55. The second-order valence-corrected chi connectivity index (χ2v) is 4.77. The van der Waals surface area contributed by atoms with Crippen molar-refractivity contribution in [3.63, 3.8) is 0 Å². The summed E-state index contributed by atoms with van der Waals surface area (Å²) >= 11 is 0. The van der Waals surface area contributed by atoms with E-state index in [-0.39, 0.29) is 6.04 Å². The molecule has 0 spiro atoms. The number of rotatable bonds is 3. The molecule has 0 fully saturated rings. The van der Waals surface area contributed by atoms with Crippen molar-refractivity contribution in [2.24, 2.45) is 5.73 Å². The van der Waals surface area contributed by atoms with Crippen molar-refractivity contribution in [1.29, 1.82) is 0 Å². The summed E-state index contributed by atoms with van der Waals surface area (Å²) in [6.45, 7) is 9.21. The number of hydrogen-bond acceptors (Lipinski definition) is 2. The van der Waals surface area contributed by atoms with Crippen molar-refractivity contribution in [3.8, 4) is 11.1 Å². The van der Waals surface area contributed by atoms with Gasteiger partial charge in [0.1, 0.15) is 0 Å². The first-order chi connectivity index (χ1) is 8.54. The lowest BCUT2D eigenvalue weighted by Crippen LogP contribution is -2.04. The summed E-state index contributed by atoms with van der Waals surface area (Å²) in [7, 11) is 0. The Labute approximate surface area is 109 Å². The maximum atomic E-state index is 5.87. The molecule has 0 aliphatic rings. The molecule has 0 aliphatic carbocycles. The molecule has 1 atom stereocenters. The van der Waals surface area contributed by atoms with Crippen LogP contribution in [0.2, 0.25) is 0 Å². The first kappa shape index (κ1) is 12.8. The zero-order chi connectivity index (χ0) is 13.3. The number of benzene rings is 1. The number of nitrogens with zero attached hydrogens (tertiary/aromatic N) is 2. The second kappa shape index (κ2) is 4.94. The summed E-state index contributed by atoms with van der Waals surface area (Å²) in [6.07, 6.45) is 0. The summed E-state index contributed by atoms with van der Waals surface area (Å²) in [5.74, 6) is 0. The highest BCUT2D eigenvalue weighted by Crippen LogP contribution is 2.27. The van der Waals surface area contributed by atoms with Gasteiger partial charge in [-0.25, -0.2) is 0 Å². The zero-order valence-corrected chi connectivity index (χ0v) is 11.6. The number of aromatic nitrogens is 2. The predicted octanol–water partition coefficient (Wildman–Crippen LogP) is 3.21. The normalized spacial score (nSPS) is 12.7. The number of nitrogens with two attached hydrogens (primary N) is 1. The molecule has 1 aromatic heterocycles. The smallest absolute Gasteiger partial charge is 0.0674 e. The van der Waals surface area contributed by atoms with Crippen molar-refractivity contribution in [3.05, 3.63) is 41.2 Å². The van der Waals surface area contributed by atoms with Crippen LogP contribution in [-0.4, -0.2) is 9.78 Å². The van der Waals surface area contributed by atoms with Crippen LogP contribution < -0.4 is 5.73 Å². The lowest BCUT2D eigenvalue weighted by atomic mass is 10.0. The summed E-state index contributed by atoms with van der Waals surface area (Å²) in [4.78, 5) is 0. The fourth-order valence-corrected chi connectivity index (χ4v) is 2.38. The van der Waals surface area contributed by atoms with Crippen LogP contribution in [0.4, 0.5) is 0 Å². The molecule has 1 unspecified atom stereocenters. The van der Waals surface area contributed by atoms with Crippen LogP contribution in [0, 0.1) is 13.8 Å². The topological polar surface area (TPSA) is 43.8 Å². The average Bonchev–Trinajstić information content (AvgIpc) is 2.64. The van der Waals surface area contributed by atoms with Gasteiger partial charge in [-0.2, -0.15) is 5.10 Å². The molecule has 0 amide bonds. The van der Waals surface area contributed by atoms with Gasteiger partial charge >= 0.3 is 0 Å². The van der Waals surface area contributed by atoms with E-state index in [9.17, 15) is 0 Å². The fourth-order valence-electron chi connectivity index (χ4n) is 2.38. The van der Waals surface area contributed by atoms with Gasteiger partial charge in [0.15, 0.2) is 0 Å². The molecule has 18 heavy (non-hydrogen) atoms. The molecule has 3 nitrogen and oxygen atoms in total. The van der Waals surface area contributed by atoms with E-state index in [4.69, 9.17) is 5.73 Å². The monoisotopic (exact) mass is 243 g/mol. The SMILES string of the molecule is CCn1nc(C)c(-c2ccc(C(C)N)cc2)c1C. The molecule has 96 valence electrons. The third kappa shape index (κ3) is 2.18. The molecular formula is C15H21N3. The molecule has 1 heterocycles. The Hall–Kier alpha value is -1.61. The van der Waals surface area contributed by atoms with Gasteiger partial charge in [-0.1, -0.05) is 24.3 Å². The molecular weight excluding hydrogens is 222 g/mol. The van der Waals surface area contributed by atoms with Gasteiger partial charge in [0.2, 0.25) is 0 Å². The highest BCUT2D eigenvalue weighted by molar-refractivity contribution is 5.68. The number of aryl methyl sites for hydroxylation is 2. The predicted molar refractivity (Wildman–Crippen MR) is 75.4 cm³/mol. The lowest BCUT2D eigenvalue weighted by molar-refractivity contribution is 0.634. The van der Waals surface area contributed by atoms with Crippen LogP contribution in [0.15, 0.2) is 24.3 Å².